The molecule has 154 valence electrons. The average Bonchev–Trinajstić information content (AvgIpc) is 3.22. The van der Waals surface area contributed by atoms with Crippen molar-refractivity contribution < 1.29 is 9.53 Å². The van der Waals surface area contributed by atoms with Crippen LogP contribution in [-0.4, -0.2) is 40.5 Å². The van der Waals surface area contributed by atoms with Crippen molar-refractivity contribution in [3.05, 3.63) is 46.9 Å². The maximum absolute atomic E-state index is 11.1. The van der Waals surface area contributed by atoms with Gasteiger partial charge in [0.25, 0.3) is 0 Å². The third-order valence-corrected chi connectivity index (χ3v) is 5.65. The lowest BCUT2D eigenvalue weighted by Gasteiger charge is -2.31. The largest absolute Gasteiger partial charge is 0.427 e. The summed E-state index contributed by atoms with van der Waals surface area (Å²) in [4.78, 5) is 25.9. The van der Waals surface area contributed by atoms with E-state index in [2.05, 4.69) is 23.6 Å². The number of hydrogen-bond acceptors (Lipinski definition) is 6. The number of hydrogen-bond donors (Lipinski definition) is 0. The van der Waals surface area contributed by atoms with E-state index in [1.807, 2.05) is 24.3 Å². The molecule has 0 amide bonds. The summed E-state index contributed by atoms with van der Waals surface area (Å²) in [5, 5.41) is 0. The van der Waals surface area contributed by atoms with E-state index in [4.69, 9.17) is 14.7 Å². The zero-order valence-corrected chi connectivity index (χ0v) is 17.6. The summed E-state index contributed by atoms with van der Waals surface area (Å²) in [5.74, 6) is 2.76. The van der Waals surface area contributed by atoms with Crippen LogP contribution >= 0.6 is 0 Å². The van der Waals surface area contributed by atoms with Gasteiger partial charge in [-0.3, -0.25) is 9.69 Å². The van der Waals surface area contributed by atoms with Gasteiger partial charge in [0.15, 0.2) is 0 Å². The maximum atomic E-state index is 11.1. The molecule has 0 saturated carbocycles. The minimum absolute atomic E-state index is 0.292. The Morgan fingerprint density at radius 3 is 2.48 bits per heavy atom. The Morgan fingerprint density at radius 2 is 1.83 bits per heavy atom. The van der Waals surface area contributed by atoms with E-state index in [0.29, 0.717) is 11.7 Å². The van der Waals surface area contributed by atoms with Gasteiger partial charge in [-0.25, -0.2) is 9.97 Å². The highest BCUT2D eigenvalue weighted by Gasteiger charge is 2.26. The van der Waals surface area contributed by atoms with Crippen LogP contribution in [0.15, 0.2) is 24.3 Å². The first kappa shape index (κ1) is 19.8. The summed E-state index contributed by atoms with van der Waals surface area (Å²) in [6.45, 7) is 10.7. The zero-order chi connectivity index (χ0) is 20.4. The highest BCUT2D eigenvalue weighted by molar-refractivity contribution is 5.69. The molecular weight excluding hydrogens is 364 g/mol. The molecule has 2 aliphatic rings. The number of nitrogens with zero attached hydrogens (tertiary/aromatic N) is 4. The minimum Gasteiger partial charge on any atom is -0.427 e. The number of anilines is 1. The van der Waals surface area contributed by atoms with Crippen LogP contribution < -0.4 is 9.64 Å². The monoisotopic (exact) mass is 394 g/mol. The summed E-state index contributed by atoms with van der Waals surface area (Å²) < 4.78 is 5.13. The number of esters is 1. The van der Waals surface area contributed by atoms with Gasteiger partial charge in [0.1, 0.15) is 17.4 Å². The fourth-order valence-electron chi connectivity index (χ4n) is 4.15. The van der Waals surface area contributed by atoms with Gasteiger partial charge < -0.3 is 9.64 Å². The summed E-state index contributed by atoms with van der Waals surface area (Å²) in [6, 6.07) is 7.78. The molecule has 3 heterocycles. The van der Waals surface area contributed by atoms with Crippen molar-refractivity contribution in [2.75, 3.05) is 24.5 Å². The topological polar surface area (TPSA) is 58.6 Å². The quantitative estimate of drug-likeness (QED) is 0.569. The number of benzene rings is 1. The molecule has 6 nitrogen and oxygen atoms in total. The van der Waals surface area contributed by atoms with Crippen molar-refractivity contribution in [1.82, 2.24) is 14.9 Å². The second-order valence-corrected chi connectivity index (χ2v) is 8.38. The van der Waals surface area contributed by atoms with Crippen LogP contribution in [0.1, 0.15) is 62.2 Å². The molecule has 4 rings (SSSR count). The molecule has 0 unspecified atom stereocenters. The van der Waals surface area contributed by atoms with Gasteiger partial charge in [0.05, 0.1) is 5.69 Å². The first-order valence-corrected chi connectivity index (χ1v) is 10.6. The molecule has 1 aromatic carbocycles. The molecule has 2 aromatic rings. The molecule has 29 heavy (non-hydrogen) atoms. The maximum Gasteiger partial charge on any atom is 0.308 e. The van der Waals surface area contributed by atoms with E-state index in [0.717, 1.165) is 45.0 Å². The van der Waals surface area contributed by atoms with Crippen molar-refractivity contribution in [2.45, 2.75) is 59.0 Å². The molecule has 1 aromatic heterocycles. The Bertz CT molecular complexity index is 873. The van der Waals surface area contributed by atoms with E-state index in [9.17, 15) is 4.79 Å². The Morgan fingerprint density at radius 1 is 1.10 bits per heavy atom. The summed E-state index contributed by atoms with van der Waals surface area (Å²) in [7, 11) is 0. The Hall–Kier alpha value is -2.47. The second-order valence-electron chi connectivity index (χ2n) is 8.38. The molecular formula is C23H30N4O2. The van der Waals surface area contributed by atoms with E-state index in [1.165, 1.54) is 42.4 Å². The normalized spacial score (nSPS) is 16.9. The van der Waals surface area contributed by atoms with E-state index < -0.39 is 0 Å². The van der Waals surface area contributed by atoms with Crippen LogP contribution in [0.4, 0.5) is 5.82 Å². The molecule has 2 aliphatic heterocycles. The lowest BCUT2D eigenvalue weighted by molar-refractivity contribution is -0.131. The molecule has 6 heteroatoms. The summed E-state index contributed by atoms with van der Waals surface area (Å²) in [5.41, 5.74) is 3.74. The van der Waals surface area contributed by atoms with Crippen LogP contribution in [0.5, 0.6) is 5.75 Å². The van der Waals surface area contributed by atoms with Gasteiger partial charge in [-0.05, 0) is 37.0 Å². The average molecular weight is 395 g/mol. The molecule has 1 saturated heterocycles. The van der Waals surface area contributed by atoms with Crippen LogP contribution in [0, 0.1) is 0 Å². The van der Waals surface area contributed by atoms with Crippen molar-refractivity contribution in [3.63, 3.8) is 0 Å². The first-order chi connectivity index (χ1) is 14.0. The Labute approximate surface area is 172 Å². The Balaban J connectivity index is 1.52. The predicted octanol–water partition coefficient (Wildman–Crippen LogP) is 3.68. The number of fused-ring (bicyclic) bond motifs is 1. The van der Waals surface area contributed by atoms with Crippen molar-refractivity contribution >= 4 is 11.8 Å². The van der Waals surface area contributed by atoms with Gasteiger partial charge in [0, 0.05) is 51.1 Å². The summed E-state index contributed by atoms with van der Waals surface area (Å²) in [6.07, 6.45) is 3.50. The van der Waals surface area contributed by atoms with Crippen LogP contribution in [0.25, 0.3) is 0 Å². The van der Waals surface area contributed by atoms with Crippen LogP contribution in [0.2, 0.25) is 0 Å². The van der Waals surface area contributed by atoms with Gasteiger partial charge in [0.2, 0.25) is 0 Å². The van der Waals surface area contributed by atoms with E-state index in [-0.39, 0.29) is 5.97 Å². The minimum atomic E-state index is -0.292. The highest BCUT2D eigenvalue weighted by atomic mass is 16.5. The van der Waals surface area contributed by atoms with E-state index in [1.54, 1.807) is 0 Å². The standard InChI is InChI=1S/C23H30N4O2/c1-16(2)22-24-21-15-26(14-18-6-8-19(9-7-18)29-17(3)28)13-10-20(21)23(25-22)27-11-4-5-12-27/h6-9,16H,4-5,10-15H2,1-3H3. The lowest BCUT2D eigenvalue weighted by Crippen LogP contribution is -2.33. The zero-order valence-electron chi connectivity index (χ0n) is 17.6. The fraction of sp³-hybridized carbons (Fsp3) is 0.522. The van der Waals surface area contributed by atoms with Crippen molar-refractivity contribution in [2.24, 2.45) is 0 Å². The molecule has 1 fully saturated rings. The van der Waals surface area contributed by atoms with Gasteiger partial charge in [-0.15, -0.1) is 0 Å². The number of aromatic nitrogens is 2. The van der Waals surface area contributed by atoms with Crippen LogP contribution in [0.3, 0.4) is 0 Å². The predicted molar refractivity (Wildman–Crippen MR) is 113 cm³/mol. The van der Waals surface area contributed by atoms with Crippen molar-refractivity contribution in [3.8, 4) is 5.75 Å². The number of carbonyl (C=O) groups is 1. The summed E-state index contributed by atoms with van der Waals surface area (Å²) >= 11 is 0. The SMILES string of the molecule is CC(=O)Oc1ccc(CN2CCc3c(nc(C(C)C)nc3N3CCCC3)C2)cc1. The third-order valence-electron chi connectivity index (χ3n) is 5.65. The molecule has 0 atom stereocenters. The number of rotatable bonds is 5. The highest BCUT2D eigenvalue weighted by Crippen LogP contribution is 2.30. The smallest absolute Gasteiger partial charge is 0.308 e. The molecule has 0 radical (unpaired) electrons. The third kappa shape index (κ3) is 4.58. The molecule has 0 spiro atoms. The van der Waals surface area contributed by atoms with E-state index >= 15 is 0 Å². The van der Waals surface area contributed by atoms with Gasteiger partial charge in [-0.2, -0.15) is 0 Å². The van der Waals surface area contributed by atoms with Gasteiger partial charge >= 0.3 is 5.97 Å². The molecule has 0 N–H and O–H groups in total. The lowest BCUT2D eigenvalue weighted by atomic mass is 10.0. The molecule has 0 aliphatic carbocycles. The first-order valence-electron chi connectivity index (χ1n) is 10.6. The second kappa shape index (κ2) is 8.49. The number of ether oxygens (including phenoxy) is 1. The Kier molecular flexibility index (Phi) is 5.81. The van der Waals surface area contributed by atoms with Crippen molar-refractivity contribution in [1.29, 1.82) is 0 Å². The number of carbonyl (C=O) groups excluding carboxylic acids is 1. The van der Waals surface area contributed by atoms with Crippen LogP contribution in [-0.2, 0) is 24.3 Å². The molecule has 0 bridgehead atoms. The fourth-order valence-corrected chi connectivity index (χ4v) is 4.15. The van der Waals surface area contributed by atoms with Gasteiger partial charge in [-0.1, -0.05) is 26.0 Å².